The number of rotatable bonds is 5. The molecule has 0 aromatic heterocycles. The third-order valence-corrected chi connectivity index (χ3v) is 5.92. The number of fused-ring (bicyclic) bond motifs is 3. The van der Waals surface area contributed by atoms with Crippen molar-refractivity contribution in [1.82, 2.24) is 4.90 Å². The maximum Gasteiger partial charge on any atom is 0.326 e. The van der Waals surface area contributed by atoms with Crippen LogP contribution in [0.4, 0.5) is 8.78 Å². The number of carboxylic acids is 1. The van der Waals surface area contributed by atoms with Crippen LogP contribution in [0.1, 0.15) is 30.4 Å². The first-order valence-corrected chi connectivity index (χ1v) is 9.95. The normalized spacial score (nSPS) is 20.1. The van der Waals surface area contributed by atoms with Crippen LogP contribution in [0.25, 0.3) is 11.1 Å². The number of hydrogen-bond donors (Lipinski definition) is 1. The van der Waals surface area contributed by atoms with E-state index in [2.05, 4.69) is 0 Å². The number of carboxylic acid groups (broad SMARTS) is 1. The van der Waals surface area contributed by atoms with Gasteiger partial charge in [0, 0.05) is 12.3 Å². The first-order chi connectivity index (χ1) is 14.7. The summed E-state index contributed by atoms with van der Waals surface area (Å²) in [5.41, 5.74) is 4.10. The van der Waals surface area contributed by atoms with Crippen LogP contribution in [0.15, 0.2) is 48.5 Å². The molecule has 4 rings (SSSR count). The second kappa shape index (κ2) is 7.76. The zero-order valence-corrected chi connectivity index (χ0v) is 16.8. The van der Waals surface area contributed by atoms with E-state index in [-0.39, 0.29) is 12.5 Å². The molecule has 1 amide bonds. The Labute approximate surface area is 177 Å². The van der Waals surface area contributed by atoms with Crippen LogP contribution in [0.3, 0.4) is 0 Å². The number of hydrogen-bond acceptors (Lipinski definition) is 4. The molecule has 1 aliphatic carbocycles. The zero-order valence-electron chi connectivity index (χ0n) is 16.8. The van der Waals surface area contributed by atoms with Crippen molar-refractivity contribution in [3.63, 3.8) is 0 Å². The Morgan fingerprint density at radius 3 is 2.19 bits per heavy atom. The van der Waals surface area contributed by atoms with Crippen molar-refractivity contribution in [2.24, 2.45) is 5.92 Å². The number of likely N-dealkylation sites (tertiary alicyclic amines) is 1. The van der Waals surface area contributed by atoms with Gasteiger partial charge in [0.2, 0.25) is 5.91 Å². The summed E-state index contributed by atoms with van der Waals surface area (Å²) >= 11 is 0. The predicted molar refractivity (Wildman–Crippen MR) is 107 cm³/mol. The minimum absolute atomic E-state index is 0.0109. The third kappa shape index (κ3) is 3.78. The Kier molecular flexibility index (Phi) is 5.24. The standard InChI is InChI=1S/C23H21F2NO5/c1-13(20(27)26-12-23(24,25)10-19(26)21(28)29)22(30)31-11-18-16-8-4-2-6-14(16)15-7-3-5-9-17(15)18/h2-9,13,18-19H,10-12H2,1H3,(H,28,29). The minimum atomic E-state index is -3.31. The first kappa shape index (κ1) is 21.0. The number of halogens is 2. The molecule has 2 aromatic carbocycles. The summed E-state index contributed by atoms with van der Waals surface area (Å²) in [6.07, 6.45) is -0.967. The fourth-order valence-electron chi connectivity index (χ4n) is 4.35. The van der Waals surface area contributed by atoms with E-state index in [4.69, 9.17) is 4.74 Å². The van der Waals surface area contributed by atoms with E-state index in [1.807, 2.05) is 48.5 Å². The molecule has 31 heavy (non-hydrogen) atoms. The van der Waals surface area contributed by atoms with E-state index in [0.29, 0.717) is 4.90 Å². The highest BCUT2D eigenvalue weighted by molar-refractivity contribution is 5.99. The summed E-state index contributed by atoms with van der Waals surface area (Å²) in [5, 5.41) is 9.17. The van der Waals surface area contributed by atoms with Gasteiger partial charge in [0.25, 0.3) is 5.92 Å². The molecule has 2 unspecified atom stereocenters. The summed E-state index contributed by atoms with van der Waals surface area (Å²) in [5.74, 6) is -8.26. The Hall–Kier alpha value is -3.29. The Bertz CT molecular complexity index is 1010. The number of benzene rings is 2. The summed E-state index contributed by atoms with van der Waals surface area (Å²) in [7, 11) is 0. The van der Waals surface area contributed by atoms with Gasteiger partial charge in [-0.2, -0.15) is 0 Å². The molecule has 1 heterocycles. The Balaban J connectivity index is 1.47. The molecule has 1 N–H and O–H groups in total. The Morgan fingerprint density at radius 2 is 1.65 bits per heavy atom. The summed E-state index contributed by atoms with van der Waals surface area (Å²) in [6.45, 7) is 0.212. The van der Waals surface area contributed by atoms with E-state index >= 15 is 0 Å². The number of ether oxygens (including phenoxy) is 1. The third-order valence-electron chi connectivity index (χ3n) is 5.92. The van der Waals surface area contributed by atoms with Gasteiger partial charge in [-0.05, 0) is 29.2 Å². The molecule has 162 valence electrons. The van der Waals surface area contributed by atoms with E-state index in [9.17, 15) is 28.3 Å². The molecular formula is C23H21F2NO5. The molecule has 2 aliphatic rings. The fourth-order valence-corrected chi connectivity index (χ4v) is 4.35. The SMILES string of the molecule is CC(C(=O)OCC1c2ccccc2-c2ccccc21)C(=O)N1CC(F)(F)CC1C(=O)O. The van der Waals surface area contributed by atoms with Crippen molar-refractivity contribution in [2.45, 2.75) is 31.2 Å². The lowest BCUT2D eigenvalue weighted by Crippen LogP contribution is -2.45. The molecule has 2 atom stereocenters. The van der Waals surface area contributed by atoms with Gasteiger partial charge in [0.1, 0.15) is 18.6 Å². The number of nitrogens with zero attached hydrogens (tertiary/aromatic N) is 1. The van der Waals surface area contributed by atoms with Crippen LogP contribution in [0.5, 0.6) is 0 Å². The van der Waals surface area contributed by atoms with Crippen LogP contribution in [0.2, 0.25) is 0 Å². The highest BCUT2D eigenvalue weighted by Gasteiger charge is 2.51. The molecule has 1 saturated heterocycles. The van der Waals surface area contributed by atoms with Crippen LogP contribution in [-0.4, -0.2) is 53.0 Å². The highest BCUT2D eigenvalue weighted by Crippen LogP contribution is 2.44. The molecule has 2 aromatic rings. The van der Waals surface area contributed by atoms with E-state index in [1.54, 1.807) is 0 Å². The fraction of sp³-hybridized carbons (Fsp3) is 0.348. The van der Waals surface area contributed by atoms with Crippen molar-refractivity contribution in [2.75, 3.05) is 13.2 Å². The maximum absolute atomic E-state index is 13.7. The summed E-state index contributed by atoms with van der Waals surface area (Å²) in [6, 6.07) is 13.9. The lowest BCUT2D eigenvalue weighted by Gasteiger charge is -2.24. The predicted octanol–water partition coefficient (Wildman–Crippen LogP) is 3.30. The minimum Gasteiger partial charge on any atom is -0.480 e. The average Bonchev–Trinajstić information content (AvgIpc) is 3.25. The van der Waals surface area contributed by atoms with Gasteiger partial charge in [-0.1, -0.05) is 48.5 Å². The van der Waals surface area contributed by atoms with Crippen molar-refractivity contribution >= 4 is 17.8 Å². The van der Waals surface area contributed by atoms with E-state index in [0.717, 1.165) is 22.3 Å². The van der Waals surface area contributed by atoms with Gasteiger partial charge in [-0.25, -0.2) is 13.6 Å². The van der Waals surface area contributed by atoms with E-state index < -0.39 is 48.7 Å². The van der Waals surface area contributed by atoms with Crippen molar-refractivity contribution in [1.29, 1.82) is 0 Å². The topological polar surface area (TPSA) is 83.9 Å². The first-order valence-electron chi connectivity index (χ1n) is 9.95. The molecule has 8 heteroatoms. The molecule has 0 spiro atoms. The van der Waals surface area contributed by atoms with Crippen LogP contribution in [-0.2, 0) is 19.1 Å². The van der Waals surface area contributed by atoms with Crippen LogP contribution in [0, 0.1) is 5.92 Å². The van der Waals surface area contributed by atoms with Gasteiger partial charge in [0.05, 0.1) is 6.54 Å². The smallest absolute Gasteiger partial charge is 0.326 e. The molecular weight excluding hydrogens is 408 g/mol. The van der Waals surface area contributed by atoms with Gasteiger partial charge < -0.3 is 14.7 Å². The molecule has 1 aliphatic heterocycles. The molecule has 6 nitrogen and oxygen atoms in total. The summed E-state index contributed by atoms with van der Waals surface area (Å²) in [4.78, 5) is 37.0. The number of carbonyl (C=O) groups excluding carboxylic acids is 2. The van der Waals surface area contributed by atoms with Crippen molar-refractivity contribution in [3.8, 4) is 11.1 Å². The number of alkyl halides is 2. The average molecular weight is 429 g/mol. The highest BCUT2D eigenvalue weighted by atomic mass is 19.3. The van der Waals surface area contributed by atoms with Crippen LogP contribution >= 0.6 is 0 Å². The summed E-state index contributed by atoms with van der Waals surface area (Å²) < 4.78 is 32.8. The van der Waals surface area contributed by atoms with Crippen molar-refractivity contribution < 1.29 is 33.0 Å². The largest absolute Gasteiger partial charge is 0.480 e. The molecule has 0 saturated carbocycles. The van der Waals surface area contributed by atoms with E-state index in [1.165, 1.54) is 6.92 Å². The van der Waals surface area contributed by atoms with Gasteiger partial charge in [-0.15, -0.1) is 0 Å². The number of aliphatic carboxylic acids is 1. The quantitative estimate of drug-likeness (QED) is 0.583. The van der Waals surface area contributed by atoms with Crippen LogP contribution < -0.4 is 0 Å². The lowest BCUT2D eigenvalue weighted by molar-refractivity contribution is -0.159. The van der Waals surface area contributed by atoms with Gasteiger partial charge in [0.15, 0.2) is 0 Å². The molecule has 0 radical (unpaired) electrons. The van der Waals surface area contributed by atoms with Gasteiger partial charge in [-0.3, -0.25) is 9.59 Å². The second-order valence-corrected chi connectivity index (χ2v) is 7.96. The number of carbonyl (C=O) groups is 3. The number of esters is 1. The molecule has 1 fully saturated rings. The van der Waals surface area contributed by atoms with Gasteiger partial charge >= 0.3 is 11.9 Å². The second-order valence-electron chi connectivity index (χ2n) is 7.96. The Morgan fingerprint density at radius 1 is 1.10 bits per heavy atom. The molecule has 0 bridgehead atoms. The van der Waals surface area contributed by atoms with Crippen molar-refractivity contribution in [3.05, 3.63) is 59.7 Å². The zero-order chi connectivity index (χ0) is 22.3. The monoisotopic (exact) mass is 429 g/mol. The maximum atomic E-state index is 13.7. The lowest BCUT2D eigenvalue weighted by atomic mass is 9.98. The number of amides is 1.